The number of rotatable bonds is 7. The van der Waals surface area contributed by atoms with Crippen molar-refractivity contribution in [3.8, 4) is 5.75 Å². The SMILES string of the molecule is CCN(CC)S(=O)(=O)c1cccc(C(=O)N2CCN(C(=O)c3ccc(OC)cc3)CC2)c1. The standard InChI is InChI=1S/C23H29N3O5S/c1-4-26(5-2)32(29,30)21-8-6-7-19(17-21)23(28)25-15-13-24(14-16-25)22(27)18-9-11-20(31-3)12-10-18/h6-12,17H,4-5,13-16H2,1-3H3. The Morgan fingerprint density at radius 1 is 0.875 bits per heavy atom. The maximum atomic E-state index is 13.0. The number of benzene rings is 2. The molecule has 0 aliphatic carbocycles. The largest absolute Gasteiger partial charge is 0.497 e. The molecule has 0 radical (unpaired) electrons. The first kappa shape index (κ1) is 23.7. The maximum Gasteiger partial charge on any atom is 0.254 e. The molecule has 1 heterocycles. The molecule has 0 bridgehead atoms. The number of carbonyl (C=O) groups excluding carboxylic acids is 2. The number of methoxy groups -OCH3 is 1. The average molecular weight is 460 g/mol. The molecule has 1 saturated heterocycles. The van der Waals surface area contributed by atoms with E-state index in [1.807, 2.05) is 0 Å². The Morgan fingerprint density at radius 2 is 1.41 bits per heavy atom. The van der Waals surface area contributed by atoms with E-state index in [4.69, 9.17) is 4.74 Å². The monoisotopic (exact) mass is 459 g/mol. The van der Waals surface area contributed by atoms with E-state index in [0.29, 0.717) is 56.1 Å². The van der Waals surface area contributed by atoms with Gasteiger partial charge in [-0.1, -0.05) is 19.9 Å². The Morgan fingerprint density at radius 3 is 1.91 bits per heavy atom. The predicted molar refractivity (Wildman–Crippen MR) is 121 cm³/mol. The molecule has 32 heavy (non-hydrogen) atoms. The van der Waals surface area contributed by atoms with Gasteiger partial charge < -0.3 is 14.5 Å². The van der Waals surface area contributed by atoms with Gasteiger partial charge in [0.15, 0.2) is 0 Å². The molecule has 0 N–H and O–H groups in total. The lowest BCUT2D eigenvalue weighted by atomic mass is 10.1. The van der Waals surface area contributed by atoms with Gasteiger partial charge >= 0.3 is 0 Å². The molecule has 2 amide bonds. The minimum atomic E-state index is -3.64. The van der Waals surface area contributed by atoms with Gasteiger partial charge in [-0.3, -0.25) is 9.59 Å². The van der Waals surface area contributed by atoms with Crippen molar-refractivity contribution in [1.82, 2.24) is 14.1 Å². The summed E-state index contributed by atoms with van der Waals surface area (Å²) >= 11 is 0. The highest BCUT2D eigenvalue weighted by Gasteiger charge is 2.27. The molecule has 0 unspecified atom stereocenters. The van der Waals surface area contributed by atoms with Crippen LogP contribution in [0.3, 0.4) is 0 Å². The van der Waals surface area contributed by atoms with Crippen LogP contribution >= 0.6 is 0 Å². The molecule has 3 rings (SSSR count). The fourth-order valence-electron chi connectivity index (χ4n) is 3.71. The molecule has 0 aromatic heterocycles. The van der Waals surface area contributed by atoms with Crippen LogP contribution in [0, 0.1) is 0 Å². The molecular weight excluding hydrogens is 430 g/mol. The van der Waals surface area contributed by atoms with Crippen LogP contribution in [0.15, 0.2) is 53.4 Å². The van der Waals surface area contributed by atoms with E-state index in [-0.39, 0.29) is 16.7 Å². The molecule has 9 heteroatoms. The molecule has 172 valence electrons. The molecular formula is C23H29N3O5S. The van der Waals surface area contributed by atoms with Gasteiger partial charge in [0, 0.05) is 50.4 Å². The van der Waals surface area contributed by atoms with Gasteiger partial charge in [0.25, 0.3) is 11.8 Å². The first-order valence-electron chi connectivity index (χ1n) is 10.6. The Labute approximate surface area is 189 Å². The van der Waals surface area contributed by atoms with Crippen molar-refractivity contribution in [1.29, 1.82) is 0 Å². The number of sulfonamides is 1. The highest BCUT2D eigenvalue weighted by atomic mass is 32.2. The van der Waals surface area contributed by atoms with Crippen LogP contribution in [0.4, 0.5) is 0 Å². The summed E-state index contributed by atoms with van der Waals surface area (Å²) in [5.41, 5.74) is 0.896. The van der Waals surface area contributed by atoms with E-state index in [1.54, 1.807) is 67.2 Å². The lowest BCUT2D eigenvalue weighted by Crippen LogP contribution is -2.50. The van der Waals surface area contributed by atoms with Gasteiger partial charge in [-0.15, -0.1) is 0 Å². The highest BCUT2D eigenvalue weighted by Crippen LogP contribution is 2.19. The predicted octanol–water partition coefficient (Wildman–Crippen LogP) is 2.32. The van der Waals surface area contributed by atoms with Gasteiger partial charge in [-0.2, -0.15) is 4.31 Å². The summed E-state index contributed by atoms with van der Waals surface area (Å²) < 4.78 is 32.1. The van der Waals surface area contributed by atoms with Crippen LogP contribution in [-0.4, -0.2) is 80.7 Å². The van der Waals surface area contributed by atoms with Gasteiger partial charge in [-0.25, -0.2) is 8.42 Å². The number of hydrogen-bond acceptors (Lipinski definition) is 5. The number of ether oxygens (including phenoxy) is 1. The van der Waals surface area contributed by atoms with E-state index in [9.17, 15) is 18.0 Å². The third-order valence-corrected chi connectivity index (χ3v) is 7.66. The van der Waals surface area contributed by atoms with Gasteiger partial charge in [0.1, 0.15) is 5.75 Å². The Bertz CT molecular complexity index is 1060. The molecule has 1 aliphatic rings. The lowest BCUT2D eigenvalue weighted by Gasteiger charge is -2.35. The van der Waals surface area contributed by atoms with Crippen LogP contribution in [0.5, 0.6) is 5.75 Å². The Hall–Kier alpha value is -2.91. The summed E-state index contributed by atoms with van der Waals surface area (Å²) in [6.07, 6.45) is 0. The summed E-state index contributed by atoms with van der Waals surface area (Å²) in [4.78, 5) is 29.2. The van der Waals surface area contributed by atoms with E-state index in [2.05, 4.69) is 0 Å². The van der Waals surface area contributed by atoms with Crippen LogP contribution in [0.2, 0.25) is 0 Å². The maximum absolute atomic E-state index is 13.0. The number of nitrogens with zero attached hydrogens (tertiary/aromatic N) is 3. The van der Waals surface area contributed by atoms with Gasteiger partial charge in [0.05, 0.1) is 12.0 Å². The third kappa shape index (κ3) is 4.94. The second kappa shape index (κ2) is 10.1. The van der Waals surface area contributed by atoms with E-state index < -0.39 is 10.0 Å². The molecule has 0 atom stereocenters. The summed E-state index contributed by atoms with van der Waals surface area (Å²) in [5.74, 6) is 0.354. The third-order valence-electron chi connectivity index (χ3n) is 5.62. The molecule has 0 saturated carbocycles. The summed E-state index contributed by atoms with van der Waals surface area (Å²) in [7, 11) is -2.07. The first-order valence-corrected chi connectivity index (χ1v) is 12.1. The van der Waals surface area contributed by atoms with Crippen molar-refractivity contribution in [3.63, 3.8) is 0 Å². The molecule has 8 nitrogen and oxygen atoms in total. The Balaban J connectivity index is 1.67. The molecule has 2 aromatic carbocycles. The normalized spacial score (nSPS) is 14.5. The minimum Gasteiger partial charge on any atom is -0.497 e. The number of amides is 2. The van der Waals surface area contributed by atoms with Crippen LogP contribution < -0.4 is 4.74 Å². The van der Waals surface area contributed by atoms with Crippen LogP contribution in [-0.2, 0) is 10.0 Å². The number of piperazine rings is 1. The zero-order valence-electron chi connectivity index (χ0n) is 18.7. The van der Waals surface area contributed by atoms with Crippen LogP contribution in [0.25, 0.3) is 0 Å². The van der Waals surface area contributed by atoms with Crippen molar-refractivity contribution in [2.45, 2.75) is 18.7 Å². The van der Waals surface area contributed by atoms with Crippen molar-refractivity contribution in [2.75, 3.05) is 46.4 Å². The van der Waals surface area contributed by atoms with Crippen molar-refractivity contribution in [2.24, 2.45) is 0 Å². The molecule has 1 aliphatic heterocycles. The molecule has 0 spiro atoms. The lowest BCUT2D eigenvalue weighted by molar-refractivity contribution is 0.0535. The molecule has 2 aromatic rings. The zero-order valence-corrected chi connectivity index (χ0v) is 19.5. The van der Waals surface area contributed by atoms with Crippen molar-refractivity contribution >= 4 is 21.8 Å². The zero-order chi connectivity index (χ0) is 23.3. The summed E-state index contributed by atoms with van der Waals surface area (Å²) in [5, 5.41) is 0. The Kier molecular flexibility index (Phi) is 7.52. The fourth-order valence-corrected chi connectivity index (χ4v) is 5.22. The fraction of sp³-hybridized carbons (Fsp3) is 0.391. The second-order valence-electron chi connectivity index (χ2n) is 7.43. The summed E-state index contributed by atoms with van der Waals surface area (Å²) in [6.45, 7) is 5.87. The number of hydrogen-bond donors (Lipinski definition) is 0. The van der Waals surface area contributed by atoms with Gasteiger partial charge in [0.2, 0.25) is 10.0 Å². The van der Waals surface area contributed by atoms with E-state index in [1.165, 1.54) is 16.4 Å². The number of carbonyl (C=O) groups is 2. The highest BCUT2D eigenvalue weighted by molar-refractivity contribution is 7.89. The average Bonchev–Trinajstić information content (AvgIpc) is 2.84. The topological polar surface area (TPSA) is 87.2 Å². The second-order valence-corrected chi connectivity index (χ2v) is 9.37. The van der Waals surface area contributed by atoms with Gasteiger partial charge in [-0.05, 0) is 42.5 Å². The molecule has 1 fully saturated rings. The summed E-state index contributed by atoms with van der Waals surface area (Å²) in [6, 6.07) is 13.1. The van der Waals surface area contributed by atoms with Crippen molar-refractivity contribution < 1.29 is 22.7 Å². The minimum absolute atomic E-state index is 0.0907. The quantitative estimate of drug-likeness (QED) is 0.634. The van der Waals surface area contributed by atoms with Crippen molar-refractivity contribution in [3.05, 3.63) is 59.7 Å². The van der Waals surface area contributed by atoms with E-state index >= 15 is 0 Å². The van der Waals surface area contributed by atoms with Crippen LogP contribution in [0.1, 0.15) is 34.6 Å². The first-order chi connectivity index (χ1) is 15.3. The van der Waals surface area contributed by atoms with E-state index in [0.717, 1.165) is 0 Å². The smallest absolute Gasteiger partial charge is 0.254 e.